The molecule has 1 aliphatic heterocycles. The first-order valence-electron chi connectivity index (χ1n) is 9.08. The number of likely N-dealkylation sites (tertiary alicyclic amines) is 1. The second kappa shape index (κ2) is 6.02. The molecule has 5 heteroatoms. The Morgan fingerprint density at radius 1 is 1.12 bits per heavy atom. The quantitative estimate of drug-likeness (QED) is 0.576. The Labute approximate surface area is 151 Å². The SMILES string of the molecule is O=C(c1ccc2cc[nH]c2c1)N1CCC(c2c[nH]c3ncccc23)CC1. The molecule has 1 amide bonds. The molecule has 5 nitrogen and oxygen atoms in total. The maximum atomic E-state index is 12.9. The largest absolute Gasteiger partial charge is 0.361 e. The van der Waals surface area contributed by atoms with Crippen LogP contribution in [0.2, 0.25) is 0 Å². The van der Waals surface area contributed by atoms with E-state index in [1.54, 1.807) is 0 Å². The number of amides is 1. The van der Waals surface area contributed by atoms with E-state index >= 15 is 0 Å². The van der Waals surface area contributed by atoms with Crippen LogP contribution in [0.25, 0.3) is 21.9 Å². The fourth-order valence-electron chi connectivity index (χ4n) is 4.07. The summed E-state index contributed by atoms with van der Waals surface area (Å²) >= 11 is 0. The summed E-state index contributed by atoms with van der Waals surface area (Å²) in [6.07, 6.45) is 7.76. The van der Waals surface area contributed by atoms with E-state index in [2.05, 4.69) is 27.2 Å². The van der Waals surface area contributed by atoms with Crippen molar-refractivity contribution in [3.63, 3.8) is 0 Å². The van der Waals surface area contributed by atoms with Crippen LogP contribution in [0.15, 0.2) is 55.0 Å². The van der Waals surface area contributed by atoms with Crippen molar-refractivity contribution in [3.05, 3.63) is 66.1 Å². The fourth-order valence-corrected chi connectivity index (χ4v) is 4.07. The highest BCUT2D eigenvalue weighted by atomic mass is 16.2. The van der Waals surface area contributed by atoms with Gasteiger partial charge in [0.15, 0.2) is 0 Å². The number of piperidine rings is 1. The molecule has 0 bridgehead atoms. The molecule has 4 heterocycles. The number of aromatic nitrogens is 3. The Hall–Kier alpha value is -3.08. The first kappa shape index (κ1) is 15.2. The first-order valence-corrected chi connectivity index (χ1v) is 9.08. The average Bonchev–Trinajstić information content (AvgIpc) is 3.34. The number of carbonyl (C=O) groups is 1. The van der Waals surface area contributed by atoms with Gasteiger partial charge in [-0.05, 0) is 60.0 Å². The number of hydrogen-bond donors (Lipinski definition) is 2. The summed E-state index contributed by atoms with van der Waals surface area (Å²) in [4.78, 5) is 25.7. The van der Waals surface area contributed by atoms with Gasteiger partial charge in [-0.1, -0.05) is 6.07 Å². The lowest BCUT2D eigenvalue weighted by Gasteiger charge is -2.32. The Bertz CT molecular complexity index is 1090. The molecule has 130 valence electrons. The molecule has 3 aromatic heterocycles. The van der Waals surface area contributed by atoms with E-state index in [1.807, 2.05) is 47.6 Å². The number of rotatable bonds is 2. The lowest BCUT2D eigenvalue weighted by atomic mass is 9.89. The topological polar surface area (TPSA) is 64.8 Å². The lowest BCUT2D eigenvalue weighted by molar-refractivity contribution is 0.0713. The lowest BCUT2D eigenvalue weighted by Crippen LogP contribution is -2.37. The Balaban J connectivity index is 1.32. The number of fused-ring (bicyclic) bond motifs is 2. The number of aromatic amines is 2. The maximum Gasteiger partial charge on any atom is 0.253 e. The van der Waals surface area contributed by atoms with Gasteiger partial charge in [0.1, 0.15) is 5.65 Å². The summed E-state index contributed by atoms with van der Waals surface area (Å²) in [5, 5.41) is 2.34. The third kappa shape index (κ3) is 2.47. The first-order chi connectivity index (χ1) is 12.8. The van der Waals surface area contributed by atoms with Gasteiger partial charge in [-0.3, -0.25) is 4.79 Å². The molecular formula is C21H20N4O. The average molecular weight is 344 g/mol. The summed E-state index contributed by atoms with van der Waals surface area (Å²) in [5.41, 5.74) is 4.04. The van der Waals surface area contributed by atoms with E-state index in [0.717, 1.165) is 48.0 Å². The van der Waals surface area contributed by atoms with Crippen LogP contribution in [0.5, 0.6) is 0 Å². The summed E-state index contributed by atoms with van der Waals surface area (Å²) in [5.74, 6) is 0.600. The third-order valence-corrected chi connectivity index (χ3v) is 5.51. The molecule has 1 fully saturated rings. The molecule has 1 aromatic carbocycles. The van der Waals surface area contributed by atoms with Gasteiger partial charge in [-0.2, -0.15) is 0 Å². The van der Waals surface area contributed by atoms with Crippen molar-refractivity contribution in [1.82, 2.24) is 19.9 Å². The molecule has 0 saturated carbocycles. The minimum atomic E-state index is 0.126. The van der Waals surface area contributed by atoms with Crippen LogP contribution < -0.4 is 0 Å². The van der Waals surface area contributed by atoms with Gasteiger partial charge in [0.25, 0.3) is 5.91 Å². The van der Waals surface area contributed by atoms with Crippen molar-refractivity contribution in [1.29, 1.82) is 0 Å². The van der Waals surface area contributed by atoms with E-state index in [1.165, 1.54) is 10.9 Å². The van der Waals surface area contributed by atoms with Gasteiger partial charge in [0.2, 0.25) is 0 Å². The van der Waals surface area contributed by atoms with Gasteiger partial charge < -0.3 is 14.9 Å². The Morgan fingerprint density at radius 3 is 2.88 bits per heavy atom. The van der Waals surface area contributed by atoms with Gasteiger partial charge in [-0.25, -0.2) is 4.98 Å². The molecule has 26 heavy (non-hydrogen) atoms. The molecule has 0 unspecified atom stereocenters. The van der Waals surface area contributed by atoms with Gasteiger partial charge in [0, 0.05) is 48.1 Å². The predicted molar refractivity (Wildman–Crippen MR) is 102 cm³/mol. The molecule has 0 atom stereocenters. The van der Waals surface area contributed by atoms with Crippen LogP contribution in [0, 0.1) is 0 Å². The molecule has 0 radical (unpaired) electrons. The van der Waals surface area contributed by atoms with E-state index in [0.29, 0.717) is 5.92 Å². The zero-order valence-electron chi connectivity index (χ0n) is 14.4. The van der Waals surface area contributed by atoms with Crippen LogP contribution in [0.4, 0.5) is 0 Å². The minimum Gasteiger partial charge on any atom is -0.361 e. The van der Waals surface area contributed by atoms with E-state index in [-0.39, 0.29) is 5.91 Å². The zero-order chi connectivity index (χ0) is 17.5. The van der Waals surface area contributed by atoms with Crippen molar-refractivity contribution >= 4 is 27.8 Å². The van der Waals surface area contributed by atoms with Crippen molar-refractivity contribution in [3.8, 4) is 0 Å². The van der Waals surface area contributed by atoms with Crippen LogP contribution in [-0.4, -0.2) is 38.8 Å². The monoisotopic (exact) mass is 344 g/mol. The van der Waals surface area contributed by atoms with Crippen LogP contribution >= 0.6 is 0 Å². The molecule has 1 aliphatic rings. The molecule has 1 saturated heterocycles. The number of H-pyrrole nitrogens is 2. The number of benzene rings is 1. The number of hydrogen-bond acceptors (Lipinski definition) is 2. The number of pyridine rings is 1. The Morgan fingerprint density at radius 2 is 2.00 bits per heavy atom. The van der Waals surface area contributed by atoms with Crippen molar-refractivity contribution in [2.24, 2.45) is 0 Å². The molecule has 5 rings (SSSR count). The van der Waals surface area contributed by atoms with Gasteiger partial charge in [-0.15, -0.1) is 0 Å². The van der Waals surface area contributed by atoms with E-state index < -0.39 is 0 Å². The van der Waals surface area contributed by atoms with Crippen molar-refractivity contribution in [2.45, 2.75) is 18.8 Å². The van der Waals surface area contributed by atoms with E-state index in [9.17, 15) is 4.79 Å². The third-order valence-electron chi connectivity index (χ3n) is 5.51. The highest BCUT2D eigenvalue weighted by Crippen LogP contribution is 2.33. The van der Waals surface area contributed by atoms with Crippen molar-refractivity contribution < 1.29 is 4.79 Å². The summed E-state index contributed by atoms with van der Waals surface area (Å²) in [7, 11) is 0. The maximum absolute atomic E-state index is 12.9. The smallest absolute Gasteiger partial charge is 0.253 e. The van der Waals surface area contributed by atoms with Crippen molar-refractivity contribution in [2.75, 3.05) is 13.1 Å². The second-order valence-corrected chi connectivity index (χ2v) is 6.99. The zero-order valence-corrected chi connectivity index (χ0v) is 14.4. The molecule has 4 aromatic rings. The number of nitrogens with one attached hydrogen (secondary N) is 2. The van der Waals surface area contributed by atoms with Crippen LogP contribution in [-0.2, 0) is 0 Å². The summed E-state index contributed by atoms with van der Waals surface area (Å²) < 4.78 is 0. The minimum absolute atomic E-state index is 0.126. The predicted octanol–water partition coefficient (Wildman–Crippen LogP) is 4.06. The van der Waals surface area contributed by atoms with Gasteiger partial charge in [0.05, 0.1) is 0 Å². The molecule has 0 spiro atoms. The second-order valence-electron chi connectivity index (χ2n) is 6.99. The highest BCUT2D eigenvalue weighted by molar-refractivity contribution is 5.98. The van der Waals surface area contributed by atoms with Crippen LogP contribution in [0.3, 0.4) is 0 Å². The summed E-state index contributed by atoms with van der Waals surface area (Å²) in [6.45, 7) is 1.58. The summed E-state index contributed by atoms with van der Waals surface area (Å²) in [6, 6.07) is 12.0. The molecule has 0 aliphatic carbocycles. The normalized spacial score (nSPS) is 15.8. The van der Waals surface area contributed by atoms with E-state index in [4.69, 9.17) is 0 Å². The van der Waals surface area contributed by atoms with Crippen LogP contribution in [0.1, 0.15) is 34.7 Å². The molecule has 2 N–H and O–H groups in total. The van der Waals surface area contributed by atoms with Gasteiger partial charge >= 0.3 is 0 Å². The Kier molecular flexibility index (Phi) is 3.52. The standard InChI is InChI=1S/C21H20N4O/c26-21(16-4-3-15-5-9-22-19(15)12-16)25-10-6-14(7-11-25)18-13-24-20-17(18)2-1-8-23-20/h1-5,8-9,12-14,22H,6-7,10-11H2,(H,23,24). The highest BCUT2D eigenvalue weighted by Gasteiger charge is 2.26. The molecular weight excluding hydrogens is 324 g/mol. The fraction of sp³-hybridized carbons (Fsp3) is 0.238. The number of carbonyl (C=O) groups excluding carboxylic acids is 1. The number of nitrogens with zero attached hydrogens (tertiary/aromatic N) is 2.